The highest BCUT2D eigenvalue weighted by atomic mass is 35.5. The van der Waals surface area contributed by atoms with Crippen molar-refractivity contribution >= 4 is 54.5 Å². The summed E-state index contributed by atoms with van der Waals surface area (Å²) in [5.74, 6) is 2.64. The maximum atomic E-state index is 13.4. The minimum absolute atomic E-state index is 0. The summed E-state index contributed by atoms with van der Waals surface area (Å²) in [6.45, 7) is 0. The van der Waals surface area contributed by atoms with E-state index in [4.69, 9.17) is 26.9 Å². The van der Waals surface area contributed by atoms with Gasteiger partial charge >= 0.3 is 5.97 Å². The number of halogens is 5. The van der Waals surface area contributed by atoms with Gasteiger partial charge in [-0.1, -0.05) is 11.6 Å². The predicted octanol–water partition coefficient (Wildman–Crippen LogP) is 3.44. The minimum atomic E-state index is -1.22. The normalized spacial score (nSPS) is 10.2. The number of nitrogens with zero attached hydrogens (tertiary/aromatic N) is 4. The number of rotatable bonds is 6. The van der Waals surface area contributed by atoms with Gasteiger partial charge < -0.3 is 15.3 Å². The van der Waals surface area contributed by atoms with Gasteiger partial charge in [0.1, 0.15) is 6.33 Å². The molecule has 2 aromatic carbocycles. The van der Waals surface area contributed by atoms with Crippen molar-refractivity contribution in [2.24, 2.45) is 5.10 Å². The lowest BCUT2D eigenvalue weighted by Gasteiger charge is -2.11. The third kappa shape index (κ3) is 6.17. The molecular formula is C17H15Cl3F2N6O3. The highest BCUT2D eigenvalue weighted by Gasteiger charge is 2.18. The molecule has 0 aliphatic heterocycles. The number of carbonyl (C=O) groups excluding carboxylic acids is 1. The summed E-state index contributed by atoms with van der Waals surface area (Å²) in [6.07, 6.45) is 2.73. The van der Waals surface area contributed by atoms with E-state index < -0.39 is 17.6 Å². The molecule has 31 heavy (non-hydrogen) atoms. The highest BCUT2D eigenvalue weighted by Crippen LogP contribution is 2.29. The first-order valence-corrected chi connectivity index (χ1v) is 8.25. The second-order valence-corrected chi connectivity index (χ2v) is 5.88. The number of benzene rings is 2. The van der Waals surface area contributed by atoms with Crippen LogP contribution in [0.15, 0.2) is 41.8 Å². The first-order chi connectivity index (χ1) is 13.9. The molecule has 0 fully saturated rings. The molecule has 3 N–H and O–H groups in total. The maximum absolute atomic E-state index is 13.4. The number of hydrazone groups is 1. The number of nitrogens with one attached hydrogen (secondary N) is 1. The number of ether oxygens (including phenoxy) is 2. The van der Waals surface area contributed by atoms with E-state index in [9.17, 15) is 13.6 Å². The SMILES string of the molecule is COc1cc(C=NNc2nncn2N)ccc1OC(=O)c1cc(F)c(F)cc1Cl.Cl.Cl. The Balaban J connectivity index is 0.00000240. The Morgan fingerprint density at radius 2 is 1.94 bits per heavy atom. The van der Waals surface area contributed by atoms with E-state index in [2.05, 4.69) is 20.7 Å². The van der Waals surface area contributed by atoms with Crippen LogP contribution in [0.2, 0.25) is 5.02 Å². The maximum Gasteiger partial charge on any atom is 0.345 e. The fourth-order valence-electron chi connectivity index (χ4n) is 2.17. The molecule has 3 rings (SSSR count). The summed E-state index contributed by atoms with van der Waals surface area (Å²) < 4.78 is 38.1. The molecule has 0 radical (unpaired) electrons. The molecule has 0 unspecified atom stereocenters. The van der Waals surface area contributed by atoms with Crippen LogP contribution in [0.1, 0.15) is 15.9 Å². The average molecular weight is 496 g/mol. The van der Waals surface area contributed by atoms with Crippen molar-refractivity contribution in [1.29, 1.82) is 0 Å². The molecule has 0 saturated carbocycles. The Labute approximate surface area is 192 Å². The predicted molar refractivity (Wildman–Crippen MR) is 115 cm³/mol. The monoisotopic (exact) mass is 494 g/mol. The van der Waals surface area contributed by atoms with Gasteiger partial charge in [-0.15, -0.1) is 35.0 Å². The van der Waals surface area contributed by atoms with Gasteiger partial charge in [0, 0.05) is 0 Å². The molecule has 3 aromatic rings. The zero-order valence-electron chi connectivity index (χ0n) is 15.6. The van der Waals surface area contributed by atoms with E-state index in [0.29, 0.717) is 17.7 Å². The van der Waals surface area contributed by atoms with E-state index in [1.807, 2.05) is 0 Å². The molecule has 0 atom stereocenters. The number of esters is 1. The van der Waals surface area contributed by atoms with Gasteiger partial charge in [0.2, 0.25) is 0 Å². The largest absolute Gasteiger partial charge is 0.493 e. The van der Waals surface area contributed by atoms with Gasteiger partial charge in [0.25, 0.3) is 5.95 Å². The standard InChI is InChI=1S/C17H13ClF2N6O3.2ClH/c1-28-15-4-9(7-22-24-17-25-23-8-26(17)21)2-3-14(15)29-16(27)10-5-12(19)13(20)6-11(10)18;;/h2-8H,21H2,1H3,(H,24,25);2*1H. The summed E-state index contributed by atoms with van der Waals surface area (Å²) in [4.78, 5) is 12.3. The molecule has 1 heterocycles. The van der Waals surface area contributed by atoms with Gasteiger partial charge in [-0.3, -0.25) is 0 Å². The summed E-state index contributed by atoms with van der Waals surface area (Å²) >= 11 is 5.79. The van der Waals surface area contributed by atoms with Crippen molar-refractivity contribution in [2.45, 2.75) is 0 Å². The van der Waals surface area contributed by atoms with Gasteiger partial charge in [-0.25, -0.2) is 23.7 Å². The number of hydrogen-bond acceptors (Lipinski definition) is 8. The molecule has 1 aromatic heterocycles. The number of nitrogens with two attached hydrogens (primary N) is 1. The fraction of sp³-hybridized carbons (Fsp3) is 0.0588. The van der Waals surface area contributed by atoms with Crippen LogP contribution in [0.5, 0.6) is 11.5 Å². The zero-order chi connectivity index (χ0) is 21.0. The number of aromatic nitrogens is 3. The van der Waals surface area contributed by atoms with Crippen LogP contribution in [-0.2, 0) is 0 Å². The van der Waals surface area contributed by atoms with Crippen LogP contribution in [0.3, 0.4) is 0 Å². The Bertz CT molecular complexity index is 1100. The first kappa shape index (κ1) is 25.9. The van der Waals surface area contributed by atoms with E-state index in [-0.39, 0.29) is 52.8 Å². The van der Waals surface area contributed by atoms with Gasteiger partial charge in [-0.05, 0) is 35.9 Å². The number of nitrogen functional groups attached to an aromatic ring is 1. The lowest BCUT2D eigenvalue weighted by molar-refractivity contribution is 0.0729. The molecule has 9 nitrogen and oxygen atoms in total. The number of anilines is 1. The Hall–Kier alpha value is -3.15. The third-order valence-corrected chi connectivity index (χ3v) is 3.88. The fourth-order valence-corrected chi connectivity index (χ4v) is 2.40. The van der Waals surface area contributed by atoms with Gasteiger partial charge in [-0.2, -0.15) is 5.10 Å². The van der Waals surface area contributed by atoms with Crippen molar-refractivity contribution in [3.8, 4) is 11.5 Å². The van der Waals surface area contributed by atoms with Crippen molar-refractivity contribution in [1.82, 2.24) is 14.9 Å². The second kappa shape index (κ2) is 11.3. The highest BCUT2D eigenvalue weighted by molar-refractivity contribution is 6.33. The van der Waals surface area contributed by atoms with Crippen LogP contribution < -0.4 is 20.7 Å². The van der Waals surface area contributed by atoms with Crippen LogP contribution in [-0.4, -0.2) is 34.2 Å². The van der Waals surface area contributed by atoms with E-state index >= 15 is 0 Å². The molecule has 0 amide bonds. The molecule has 0 aliphatic rings. The van der Waals surface area contributed by atoms with E-state index in [0.717, 1.165) is 4.68 Å². The summed E-state index contributed by atoms with van der Waals surface area (Å²) in [5, 5.41) is 10.9. The molecule has 166 valence electrons. The number of hydrogen-bond donors (Lipinski definition) is 2. The van der Waals surface area contributed by atoms with Gasteiger partial charge in [0.15, 0.2) is 23.1 Å². The van der Waals surface area contributed by atoms with Crippen molar-refractivity contribution in [3.05, 3.63) is 64.4 Å². The molecule has 0 saturated heterocycles. The quantitative estimate of drug-likeness (QED) is 0.134. The zero-order valence-corrected chi connectivity index (χ0v) is 18.0. The molecular weight excluding hydrogens is 481 g/mol. The summed E-state index contributed by atoms with van der Waals surface area (Å²) in [6, 6.07) is 5.91. The van der Waals surface area contributed by atoms with Crippen LogP contribution in [0.4, 0.5) is 14.7 Å². The Morgan fingerprint density at radius 3 is 2.58 bits per heavy atom. The molecule has 0 bridgehead atoms. The summed E-state index contributed by atoms with van der Waals surface area (Å²) in [7, 11) is 1.37. The molecule has 0 aliphatic carbocycles. The second-order valence-electron chi connectivity index (χ2n) is 5.48. The van der Waals surface area contributed by atoms with Crippen LogP contribution in [0, 0.1) is 11.6 Å². The number of methoxy groups -OCH3 is 1. The van der Waals surface area contributed by atoms with Gasteiger partial charge in [0.05, 0.1) is 23.9 Å². The van der Waals surface area contributed by atoms with E-state index in [1.165, 1.54) is 31.8 Å². The van der Waals surface area contributed by atoms with Crippen LogP contribution in [0.25, 0.3) is 0 Å². The smallest absolute Gasteiger partial charge is 0.345 e. The van der Waals surface area contributed by atoms with Crippen molar-refractivity contribution < 1.29 is 23.0 Å². The Morgan fingerprint density at radius 1 is 1.23 bits per heavy atom. The average Bonchev–Trinajstić information content (AvgIpc) is 3.10. The lowest BCUT2D eigenvalue weighted by Crippen LogP contribution is -2.11. The minimum Gasteiger partial charge on any atom is -0.493 e. The number of carbonyl (C=O) groups is 1. The molecule has 0 spiro atoms. The summed E-state index contributed by atoms with van der Waals surface area (Å²) in [5.41, 5.74) is 2.85. The van der Waals surface area contributed by atoms with Crippen molar-refractivity contribution in [3.63, 3.8) is 0 Å². The Kier molecular flexibility index (Phi) is 9.43. The lowest BCUT2D eigenvalue weighted by atomic mass is 10.2. The topological polar surface area (TPSA) is 117 Å². The third-order valence-electron chi connectivity index (χ3n) is 3.57. The van der Waals surface area contributed by atoms with Crippen LogP contribution >= 0.6 is 36.4 Å². The molecule has 14 heteroatoms. The van der Waals surface area contributed by atoms with Crippen molar-refractivity contribution in [2.75, 3.05) is 18.4 Å². The van der Waals surface area contributed by atoms with E-state index in [1.54, 1.807) is 6.07 Å². The first-order valence-electron chi connectivity index (χ1n) is 7.88.